The summed E-state index contributed by atoms with van der Waals surface area (Å²) in [6, 6.07) is 10.8. The Bertz CT molecular complexity index is 660. The first-order valence-electron chi connectivity index (χ1n) is 8.21. The second-order valence-corrected chi connectivity index (χ2v) is 6.43. The summed E-state index contributed by atoms with van der Waals surface area (Å²) >= 11 is 0. The quantitative estimate of drug-likeness (QED) is 0.941. The molecule has 3 rings (SSSR count). The van der Waals surface area contributed by atoms with Gasteiger partial charge in [-0.1, -0.05) is 24.3 Å². The molecular formula is C18H25N5. The van der Waals surface area contributed by atoms with Crippen molar-refractivity contribution >= 4 is 11.8 Å². The number of rotatable bonds is 4. The Kier molecular flexibility index (Phi) is 4.48. The lowest BCUT2D eigenvalue weighted by atomic mass is 10.0. The predicted octanol–water partition coefficient (Wildman–Crippen LogP) is 2.95. The molecule has 5 heteroatoms. The van der Waals surface area contributed by atoms with E-state index in [1.165, 1.54) is 18.4 Å². The summed E-state index contributed by atoms with van der Waals surface area (Å²) < 4.78 is 0. The number of hydrogen-bond acceptors (Lipinski definition) is 5. The first-order valence-corrected chi connectivity index (χ1v) is 8.21. The Labute approximate surface area is 138 Å². The lowest BCUT2D eigenvalue weighted by molar-refractivity contribution is 0.321. The van der Waals surface area contributed by atoms with Gasteiger partial charge in [0.1, 0.15) is 5.82 Å². The SMILES string of the molecule is CC(c1ccc(-c2cc(N)nc(N3CCCC3)n2)cc1)N(C)C. The van der Waals surface area contributed by atoms with E-state index >= 15 is 0 Å². The van der Waals surface area contributed by atoms with Crippen LogP contribution in [0.2, 0.25) is 0 Å². The van der Waals surface area contributed by atoms with Crippen molar-refractivity contribution < 1.29 is 0 Å². The molecule has 1 saturated heterocycles. The summed E-state index contributed by atoms with van der Waals surface area (Å²) in [6.07, 6.45) is 2.40. The van der Waals surface area contributed by atoms with E-state index in [1.54, 1.807) is 0 Å². The van der Waals surface area contributed by atoms with E-state index in [9.17, 15) is 0 Å². The van der Waals surface area contributed by atoms with Crippen molar-refractivity contribution in [1.29, 1.82) is 0 Å². The summed E-state index contributed by atoms with van der Waals surface area (Å²) in [5.74, 6) is 1.28. The first kappa shape index (κ1) is 15.7. The number of nitrogen functional groups attached to an aromatic ring is 1. The number of aromatic nitrogens is 2. The maximum atomic E-state index is 6.00. The highest BCUT2D eigenvalue weighted by Gasteiger charge is 2.16. The fourth-order valence-electron chi connectivity index (χ4n) is 2.89. The van der Waals surface area contributed by atoms with Crippen molar-refractivity contribution in [1.82, 2.24) is 14.9 Å². The zero-order chi connectivity index (χ0) is 16.4. The highest BCUT2D eigenvalue weighted by atomic mass is 15.3. The Morgan fingerprint density at radius 1 is 1.09 bits per heavy atom. The van der Waals surface area contributed by atoms with E-state index in [-0.39, 0.29) is 0 Å². The molecule has 23 heavy (non-hydrogen) atoms. The lowest BCUT2D eigenvalue weighted by Gasteiger charge is -2.20. The minimum Gasteiger partial charge on any atom is -0.384 e. The molecule has 1 unspecified atom stereocenters. The van der Waals surface area contributed by atoms with Crippen molar-refractivity contribution in [2.75, 3.05) is 37.8 Å². The summed E-state index contributed by atoms with van der Waals surface area (Å²) in [6.45, 7) is 4.23. The van der Waals surface area contributed by atoms with Gasteiger partial charge in [0.2, 0.25) is 5.95 Å². The molecule has 1 aromatic heterocycles. The third-order valence-corrected chi connectivity index (χ3v) is 4.59. The second kappa shape index (κ2) is 6.54. The molecule has 2 heterocycles. The summed E-state index contributed by atoms with van der Waals surface area (Å²) in [5.41, 5.74) is 9.26. The molecule has 0 radical (unpaired) electrons. The van der Waals surface area contributed by atoms with Crippen LogP contribution in [0.1, 0.15) is 31.4 Å². The monoisotopic (exact) mass is 311 g/mol. The zero-order valence-electron chi connectivity index (χ0n) is 14.2. The van der Waals surface area contributed by atoms with E-state index in [2.05, 4.69) is 60.1 Å². The smallest absolute Gasteiger partial charge is 0.227 e. The van der Waals surface area contributed by atoms with E-state index in [1.807, 2.05) is 6.07 Å². The van der Waals surface area contributed by atoms with Crippen LogP contribution < -0.4 is 10.6 Å². The van der Waals surface area contributed by atoms with Crippen molar-refractivity contribution in [3.63, 3.8) is 0 Å². The molecule has 1 aromatic carbocycles. The van der Waals surface area contributed by atoms with Crippen LogP contribution in [0, 0.1) is 0 Å². The van der Waals surface area contributed by atoms with Crippen molar-refractivity contribution in [3.05, 3.63) is 35.9 Å². The van der Waals surface area contributed by atoms with Gasteiger partial charge in [-0.2, -0.15) is 4.98 Å². The third-order valence-electron chi connectivity index (χ3n) is 4.59. The van der Waals surface area contributed by atoms with Crippen molar-refractivity contribution in [3.8, 4) is 11.3 Å². The summed E-state index contributed by atoms with van der Waals surface area (Å²) in [7, 11) is 4.18. The van der Waals surface area contributed by atoms with Gasteiger partial charge in [0, 0.05) is 30.8 Å². The standard InChI is InChI=1S/C18H25N5/c1-13(22(2)3)14-6-8-15(9-7-14)16-12-17(19)21-18(20-16)23-10-4-5-11-23/h6-9,12-13H,4-5,10-11H2,1-3H3,(H2,19,20,21). The van der Waals surface area contributed by atoms with E-state index < -0.39 is 0 Å². The molecule has 0 saturated carbocycles. The number of anilines is 2. The largest absolute Gasteiger partial charge is 0.384 e. The Balaban J connectivity index is 1.89. The maximum absolute atomic E-state index is 6.00. The normalized spacial score (nSPS) is 16.1. The molecule has 122 valence electrons. The molecule has 1 fully saturated rings. The Hall–Kier alpha value is -2.14. The van der Waals surface area contributed by atoms with Gasteiger partial charge >= 0.3 is 0 Å². The van der Waals surface area contributed by atoms with Gasteiger partial charge in [0.25, 0.3) is 0 Å². The highest BCUT2D eigenvalue weighted by Crippen LogP contribution is 2.26. The minimum atomic E-state index is 0.389. The molecule has 2 N–H and O–H groups in total. The molecular weight excluding hydrogens is 286 g/mol. The Morgan fingerprint density at radius 2 is 1.74 bits per heavy atom. The average Bonchev–Trinajstić information content (AvgIpc) is 3.08. The third kappa shape index (κ3) is 3.45. The van der Waals surface area contributed by atoms with E-state index in [4.69, 9.17) is 10.7 Å². The van der Waals surface area contributed by atoms with Gasteiger partial charge in [-0.15, -0.1) is 0 Å². The molecule has 0 amide bonds. The fourth-order valence-corrected chi connectivity index (χ4v) is 2.89. The molecule has 0 aliphatic carbocycles. The van der Waals surface area contributed by atoms with Crippen LogP contribution >= 0.6 is 0 Å². The molecule has 2 aromatic rings. The Morgan fingerprint density at radius 3 is 2.35 bits per heavy atom. The van der Waals surface area contributed by atoms with E-state index in [0.717, 1.165) is 30.3 Å². The van der Waals surface area contributed by atoms with Gasteiger partial charge < -0.3 is 15.5 Å². The number of benzene rings is 1. The van der Waals surface area contributed by atoms with Crippen LogP contribution in [0.15, 0.2) is 30.3 Å². The number of hydrogen-bond donors (Lipinski definition) is 1. The van der Waals surface area contributed by atoms with Gasteiger partial charge in [-0.05, 0) is 39.4 Å². The van der Waals surface area contributed by atoms with Crippen LogP contribution in [-0.4, -0.2) is 42.1 Å². The van der Waals surface area contributed by atoms with Crippen LogP contribution in [0.25, 0.3) is 11.3 Å². The van der Waals surface area contributed by atoms with Gasteiger partial charge in [0.15, 0.2) is 0 Å². The molecule has 0 spiro atoms. The average molecular weight is 311 g/mol. The first-order chi connectivity index (χ1) is 11.0. The molecule has 5 nitrogen and oxygen atoms in total. The molecule has 1 atom stereocenters. The van der Waals surface area contributed by atoms with Crippen LogP contribution in [0.3, 0.4) is 0 Å². The van der Waals surface area contributed by atoms with Gasteiger partial charge in [-0.3, -0.25) is 0 Å². The van der Waals surface area contributed by atoms with Crippen LogP contribution in [0.5, 0.6) is 0 Å². The maximum Gasteiger partial charge on any atom is 0.227 e. The topological polar surface area (TPSA) is 58.3 Å². The zero-order valence-corrected chi connectivity index (χ0v) is 14.2. The molecule has 1 aliphatic rings. The fraction of sp³-hybridized carbons (Fsp3) is 0.444. The van der Waals surface area contributed by atoms with Gasteiger partial charge in [0.05, 0.1) is 5.69 Å². The summed E-state index contributed by atoms with van der Waals surface area (Å²) in [5, 5.41) is 0. The highest BCUT2D eigenvalue weighted by molar-refractivity contribution is 5.64. The van der Waals surface area contributed by atoms with Crippen molar-refractivity contribution in [2.45, 2.75) is 25.8 Å². The second-order valence-electron chi connectivity index (χ2n) is 6.43. The summed E-state index contributed by atoms with van der Waals surface area (Å²) in [4.78, 5) is 13.5. The lowest BCUT2D eigenvalue weighted by Crippen LogP contribution is -2.21. The van der Waals surface area contributed by atoms with Crippen molar-refractivity contribution in [2.24, 2.45) is 0 Å². The van der Waals surface area contributed by atoms with Gasteiger partial charge in [-0.25, -0.2) is 4.98 Å². The molecule has 0 bridgehead atoms. The van der Waals surface area contributed by atoms with E-state index in [0.29, 0.717) is 11.9 Å². The molecule has 1 aliphatic heterocycles. The number of nitrogens with zero attached hydrogens (tertiary/aromatic N) is 4. The number of nitrogens with two attached hydrogens (primary N) is 1. The van der Waals surface area contributed by atoms with Crippen LogP contribution in [-0.2, 0) is 0 Å². The minimum absolute atomic E-state index is 0.389. The van der Waals surface area contributed by atoms with Crippen LogP contribution in [0.4, 0.5) is 11.8 Å². The predicted molar refractivity (Wildman–Crippen MR) is 95.4 cm³/mol.